The lowest BCUT2D eigenvalue weighted by Crippen LogP contribution is -2.48. The van der Waals surface area contributed by atoms with Crippen LogP contribution in [0.4, 0.5) is 0 Å². The van der Waals surface area contributed by atoms with E-state index in [1.807, 2.05) is 0 Å². The molecule has 21 heavy (non-hydrogen) atoms. The lowest BCUT2D eigenvalue weighted by Gasteiger charge is -2.39. The van der Waals surface area contributed by atoms with Gasteiger partial charge in [0.15, 0.2) is 0 Å². The predicted molar refractivity (Wildman–Crippen MR) is 83.5 cm³/mol. The number of hydrogen-bond donors (Lipinski definition) is 1. The maximum atomic E-state index is 11.9. The highest BCUT2D eigenvalue weighted by Gasteiger charge is 2.40. The zero-order valence-electron chi connectivity index (χ0n) is 13.5. The summed E-state index contributed by atoms with van der Waals surface area (Å²) in [6.07, 6.45) is 9.81. The number of ether oxygens (including phenoxy) is 1. The van der Waals surface area contributed by atoms with Crippen molar-refractivity contribution in [2.45, 2.75) is 70.8 Å². The van der Waals surface area contributed by atoms with Gasteiger partial charge in [0.2, 0.25) is 0 Å². The Morgan fingerprint density at radius 2 is 1.95 bits per heavy atom. The Morgan fingerprint density at radius 3 is 2.57 bits per heavy atom. The van der Waals surface area contributed by atoms with Crippen molar-refractivity contribution >= 4 is 5.97 Å². The van der Waals surface area contributed by atoms with E-state index in [0.717, 1.165) is 64.6 Å². The number of likely N-dealkylation sites (tertiary alicyclic amines) is 1. The van der Waals surface area contributed by atoms with E-state index in [0.29, 0.717) is 12.6 Å². The van der Waals surface area contributed by atoms with Crippen LogP contribution in [-0.2, 0) is 9.53 Å². The van der Waals surface area contributed by atoms with Crippen LogP contribution in [0.25, 0.3) is 0 Å². The van der Waals surface area contributed by atoms with E-state index < -0.39 is 11.4 Å². The Kier molecular flexibility index (Phi) is 6.49. The summed E-state index contributed by atoms with van der Waals surface area (Å²) in [4.78, 5) is 14.2. The maximum Gasteiger partial charge on any atom is 0.310 e. The largest absolute Gasteiger partial charge is 0.481 e. The van der Waals surface area contributed by atoms with Gasteiger partial charge in [-0.1, -0.05) is 32.6 Å². The molecular weight excluding hydrogens is 266 g/mol. The summed E-state index contributed by atoms with van der Waals surface area (Å²) in [7, 11) is 0. The Bertz CT molecular complexity index is 324. The number of hydrogen-bond acceptors (Lipinski definition) is 3. The molecule has 0 bridgehead atoms. The molecule has 1 heterocycles. The van der Waals surface area contributed by atoms with E-state index in [4.69, 9.17) is 4.74 Å². The number of nitrogens with zero attached hydrogens (tertiary/aromatic N) is 1. The maximum absolute atomic E-state index is 11.9. The second kappa shape index (κ2) is 8.14. The van der Waals surface area contributed by atoms with Gasteiger partial charge in [0.25, 0.3) is 0 Å². The number of rotatable bonds is 6. The first-order chi connectivity index (χ1) is 10.2. The fraction of sp³-hybridized carbons (Fsp3) is 0.941. The lowest BCUT2D eigenvalue weighted by atomic mass is 9.79. The fourth-order valence-electron chi connectivity index (χ4n) is 3.85. The molecule has 2 fully saturated rings. The van der Waals surface area contributed by atoms with Crippen LogP contribution in [0, 0.1) is 5.41 Å². The Balaban J connectivity index is 1.94. The quantitative estimate of drug-likeness (QED) is 0.764. The Hall–Kier alpha value is -0.610. The highest BCUT2D eigenvalue weighted by molar-refractivity contribution is 5.75. The SMILES string of the molecule is CCCOC1CCCN(CC2(C(=O)O)CCCCCC2)C1. The van der Waals surface area contributed by atoms with E-state index in [-0.39, 0.29) is 0 Å². The van der Waals surface area contributed by atoms with E-state index in [2.05, 4.69) is 11.8 Å². The average molecular weight is 297 g/mol. The first-order valence-corrected chi connectivity index (χ1v) is 8.74. The molecule has 1 unspecified atom stereocenters. The van der Waals surface area contributed by atoms with Crippen LogP contribution in [0.5, 0.6) is 0 Å². The summed E-state index contributed by atoms with van der Waals surface area (Å²) in [5, 5.41) is 9.79. The minimum Gasteiger partial charge on any atom is -0.481 e. The lowest BCUT2D eigenvalue weighted by molar-refractivity contribution is -0.152. The summed E-state index contributed by atoms with van der Waals surface area (Å²) in [5.74, 6) is -0.582. The first-order valence-electron chi connectivity index (χ1n) is 8.74. The third kappa shape index (κ3) is 4.68. The third-order valence-corrected chi connectivity index (χ3v) is 5.06. The van der Waals surface area contributed by atoms with Gasteiger partial charge in [0, 0.05) is 19.7 Å². The van der Waals surface area contributed by atoms with Crippen LogP contribution >= 0.6 is 0 Å². The predicted octanol–water partition coefficient (Wildman–Crippen LogP) is 3.30. The van der Waals surface area contributed by atoms with E-state index in [1.165, 1.54) is 12.8 Å². The molecule has 1 N–H and O–H groups in total. The van der Waals surface area contributed by atoms with Gasteiger partial charge in [-0.25, -0.2) is 0 Å². The normalized spacial score (nSPS) is 27.2. The van der Waals surface area contributed by atoms with E-state index in [1.54, 1.807) is 0 Å². The minimum atomic E-state index is -0.582. The first kappa shape index (κ1) is 16.8. The van der Waals surface area contributed by atoms with E-state index in [9.17, 15) is 9.90 Å². The summed E-state index contributed by atoms with van der Waals surface area (Å²) in [6, 6.07) is 0. The van der Waals surface area contributed by atoms with Gasteiger partial charge in [-0.3, -0.25) is 9.69 Å². The van der Waals surface area contributed by atoms with Crippen molar-refractivity contribution in [1.29, 1.82) is 0 Å². The van der Waals surface area contributed by atoms with Crippen molar-refractivity contribution in [2.24, 2.45) is 5.41 Å². The molecule has 4 heteroatoms. The van der Waals surface area contributed by atoms with Crippen LogP contribution in [0.2, 0.25) is 0 Å². The van der Waals surface area contributed by atoms with Crippen molar-refractivity contribution < 1.29 is 14.6 Å². The van der Waals surface area contributed by atoms with Crippen LogP contribution in [-0.4, -0.2) is 48.3 Å². The van der Waals surface area contributed by atoms with Gasteiger partial charge in [-0.2, -0.15) is 0 Å². The molecule has 0 aromatic rings. The van der Waals surface area contributed by atoms with Crippen LogP contribution < -0.4 is 0 Å². The van der Waals surface area contributed by atoms with Crippen molar-refractivity contribution in [3.63, 3.8) is 0 Å². The molecule has 2 rings (SSSR count). The minimum absolute atomic E-state index is 0.301. The molecular formula is C17H31NO3. The number of carboxylic acids is 1. The summed E-state index contributed by atoms with van der Waals surface area (Å²) in [5.41, 5.74) is -0.511. The molecule has 4 nitrogen and oxygen atoms in total. The fourth-order valence-corrected chi connectivity index (χ4v) is 3.85. The van der Waals surface area contributed by atoms with Gasteiger partial charge < -0.3 is 9.84 Å². The standard InChI is InChI=1S/C17H31NO3/c1-2-12-21-15-8-7-11-18(13-15)14-17(16(19)20)9-5-3-4-6-10-17/h15H,2-14H2,1H3,(H,19,20). The molecule has 2 aliphatic rings. The molecule has 0 amide bonds. The number of carbonyl (C=O) groups is 1. The van der Waals surface area contributed by atoms with Gasteiger partial charge in [0.1, 0.15) is 0 Å². The zero-order chi connectivity index (χ0) is 15.1. The number of aliphatic carboxylic acids is 1. The molecule has 1 aliphatic heterocycles. The molecule has 1 aliphatic carbocycles. The second-order valence-corrected chi connectivity index (χ2v) is 6.87. The van der Waals surface area contributed by atoms with E-state index >= 15 is 0 Å². The monoisotopic (exact) mass is 297 g/mol. The zero-order valence-corrected chi connectivity index (χ0v) is 13.5. The van der Waals surface area contributed by atoms with Crippen molar-refractivity contribution in [3.8, 4) is 0 Å². The topological polar surface area (TPSA) is 49.8 Å². The van der Waals surface area contributed by atoms with Crippen molar-refractivity contribution in [2.75, 3.05) is 26.2 Å². The number of carboxylic acid groups (broad SMARTS) is 1. The summed E-state index contributed by atoms with van der Waals surface area (Å²) in [6.45, 7) is 5.61. The molecule has 0 spiro atoms. The van der Waals surface area contributed by atoms with Crippen molar-refractivity contribution in [1.82, 2.24) is 4.90 Å². The van der Waals surface area contributed by atoms with Crippen LogP contribution in [0.15, 0.2) is 0 Å². The molecule has 0 radical (unpaired) electrons. The molecule has 122 valence electrons. The average Bonchev–Trinajstić information content (AvgIpc) is 2.72. The Labute approximate surface area is 128 Å². The molecule has 1 atom stereocenters. The summed E-state index contributed by atoms with van der Waals surface area (Å²) < 4.78 is 5.88. The van der Waals surface area contributed by atoms with Gasteiger partial charge >= 0.3 is 5.97 Å². The Morgan fingerprint density at radius 1 is 1.24 bits per heavy atom. The third-order valence-electron chi connectivity index (χ3n) is 5.06. The highest BCUT2D eigenvalue weighted by atomic mass is 16.5. The van der Waals surface area contributed by atoms with Crippen LogP contribution in [0.3, 0.4) is 0 Å². The molecule has 1 saturated heterocycles. The smallest absolute Gasteiger partial charge is 0.310 e. The van der Waals surface area contributed by atoms with Crippen molar-refractivity contribution in [3.05, 3.63) is 0 Å². The molecule has 0 aromatic carbocycles. The molecule has 1 saturated carbocycles. The number of piperidine rings is 1. The van der Waals surface area contributed by atoms with Crippen LogP contribution in [0.1, 0.15) is 64.7 Å². The van der Waals surface area contributed by atoms with Gasteiger partial charge in [0.05, 0.1) is 11.5 Å². The molecule has 0 aromatic heterocycles. The van der Waals surface area contributed by atoms with Gasteiger partial charge in [-0.15, -0.1) is 0 Å². The van der Waals surface area contributed by atoms with Gasteiger partial charge in [-0.05, 0) is 38.6 Å². The highest BCUT2D eigenvalue weighted by Crippen LogP contribution is 2.37. The summed E-state index contributed by atoms with van der Waals surface area (Å²) >= 11 is 0. The second-order valence-electron chi connectivity index (χ2n) is 6.87.